The number of hydrogen-bond donors (Lipinski definition) is 2. The van der Waals surface area contributed by atoms with Crippen LogP contribution in [0.2, 0.25) is 0 Å². The second kappa shape index (κ2) is 6.38. The Morgan fingerprint density at radius 2 is 2.37 bits per heavy atom. The quantitative estimate of drug-likeness (QED) is 0.725. The second-order valence-electron chi connectivity index (χ2n) is 5.11. The Labute approximate surface area is 117 Å². The largest absolute Gasteiger partial charge is 0.391 e. The number of amides is 1. The fraction of sp³-hybridized carbons (Fsp3) is 0.750. The summed E-state index contributed by atoms with van der Waals surface area (Å²) in [5.74, 6) is 0.600. The van der Waals surface area contributed by atoms with Crippen molar-refractivity contribution >= 4 is 17.7 Å². The smallest absolute Gasteiger partial charge is 0.230 e. The Bertz CT molecular complexity index is 431. The molecule has 2 N–H and O–H groups in total. The summed E-state index contributed by atoms with van der Waals surface area (Å²) in [5.41, 5.74) is 0. The molecule has 2 rings (SSSR count). The predicted octanol–water partition coefficient (Wildman–Crippen LogP) is 0.838. The first kappa shape index (κ1) is 14.3. The molecule has 0 aromatic carbocycles. The number of hydrogen-bond acceptors (Lipinski definition) is 5. The summed E-state index contributed by atoms with van der Waals surface area (Å²) in [5, 5.41) is 21.0. The highest BCUT2D eigenvalue weighted by Gasteiger charge is 2.29. The lowest BCUT2D eigenvalue weighted by Gasteiger charge is -2.11. The molecule has 0 saturated heterocycles. The van der Waals surface area contributed by atoms with E-state index in [0.29, 0.717) is 18.2 Å². The molecule has 1 aromatic heterocycles. The van der Waals surface area contributed by atoms with Crippen LogP contribution in [0.3, 0.4) is 0 Å². The molecule has 0 aliphatic heterocycles. The molecule has 1 heterocycles. The van der Waals surface area contributed by atoms with Crippen molar-refractivity contribution < 1.29 is 9.90 Å². The Kier molecular flexibility index (Phi) is 4.81. The minimum atomic E-state index is -0.395. The molecule has 1 fully saturated rings. The first-order valence-corrected chi connectivity index (χ1v) is 7.53. The highest BCUT2D eigenvalue weighted by atomic mass is 32.2. The van der Waals surface area contributed by atoms with Crippen molar-refractivity contribution in [1.82, 2.24) is 20.1 Å². The van der Waals surface area contributed by atoms with Gasteiger partial charge in [-0.3, -0.25) is 4.79 Å². The zero-order valence-corrected chi connectivity index (χ0v) is 12.1. The molecule has 106 valence electrons. The van der Waals surface area contributed by atoms with Gasteiger partial charge in [0.15, 0.2) is 5.16 Å². The number of rotatable bonds is 7. The fourth-order valence-electron chi connectivity index (χ4n) is 1.74. The van der Waals surface area contributed by atoms with Gasteiger partial charge >= 0.3 is 0 Å². The lowest BCUT2D eigenvalue weighted by molar-refractivity contribution is -0.119. The molecule has 0 spiro atoms. The Balaban J connectivity index is 1.72. The Hall–Kier alpha value is -1.08. The van der Waals surface area contributed by atoms with E-state index in [4.69, 9.17) is 0 Å². The van der Waals surface area contributed by atoms with E-state index in [2.05, 4.69) is 15.5 Å². The number of aliphatic hydroxyl groups excluding tert-OH is 1. The van der Waals surface area contributed by atoms with Gasteiger partial charge in [0.2, 0.25) is 5.91 Å². The van der Waals surface area contributed by atoms with E-state index in [1.807, 2.05) is 18.4 Å². The molecule has 1 unspecified atom stereocenters. The van der Waals surface area contributed by atoms with Crippen LogP contribution in [0.4, 0.5) is 0 Å². The first-order chi connectivity index (χ1) is 9.08. The van der Waals surface area contributed by atoms with Gasteiger partial charge in [0.25, 0.3) is 0 Å². The van der Waals surface area contributed by atoms with Gasteiger partial charge in [0, 0.05) is 12.6 Å². The van der Waals surface area contributed by atoms with Gasteiger partial charge in [0.05, 0.1) is 11.9 Å². The SMILES string of the molecule is CC(C)n1cnnc1SCC(=O)NCC(O)C1CC1. The Morgan fingerprint density at radius 3 is 3.00 bits per heavy atom. The number of nitrogens with zero attached hydrogens (tertiary/aromatic N) is 3. The highest BCUT2D eigenvalue weighted by Crippen LogP contribution is 2.32. The van der Waals surface area contributed by atoms with Crippen molar-refractivity contribution in [1.29, 1.82) is 0 Å². The number of aliphatic hydroxyl groups is 1. The third-order valence-electron chi connectivity index (χ3n) is 3.10. The summed E-state index contributed by atoms with van der Waals surface area (Å²) >= 11 is 1.36. The van der Waals surface area contributed by atoms with Crippen LogP contribution in [0.25, 0.3) is 0 Å². The molecule has 1 aromatic rings. The lowest BCUT2D eigenvalue weighted by Crippen LogP contribution is -2.34. The normalized spacial score (nSPS) is 16.6. The molecule has 0 radical (unpaired) electrons. The van der Waals surface area contributed by atoms with Gasteiger partial charge in [0.1, 0.15) is 6.33 Å². The predicted molar refractivity (Wildman–Crippen MR) is 72.9 cm³/mol. The van der Waals surface area contributed by atoms with E-state index in [9.17, 15) is 9.90 Å². The van der Waals surface area contributed by atoms with Crippen LogP contribution >= 0.6 is 11.8 Å². The molecular weight excluding hydrogens is 264 g/mol. The topological polar surface area (TPSA) is 80.0 Å². The van der Waals surface area contributed by atoms with Crippen molar-refractivity contribution in [3.63, 3.8) is 0 Å². The molecule has 0 bridgehead atoms. The molecule has 1 saturated carbocycles. The zero-order chi connectivity index (χ0) is 13.8. The van der Waals surface area contributed by atoms with E-state index in [1.165, 1.54) is 11.8 Å². The molecule has 6 nitrogen and oxygen atoms in total. The van der Waals surface area contributed by atoms with E-state index in [0.717, 1.165) is 18.0 Å². The van der Waals surface area contributed by atoms with Crippen LogP contribution in [-0.4, -0.2) is 44.2 Å². The maximum absolute atomic E-state index is 11.7. The standard InChI is InChI=1S/C12H20N4O2S/c1-8(2)16-7-14-15-12(16)19-6-11(18)13-5-10(17)9-3-4-9/h7-10,17H,3-6H2,1-2H3,(H,13,18). The number of thioether (sulfide) groups is 1. The monoisotopic (exact) mass is 284 g/mol. The fourth-order valence-corrected chi connectivity index (χ4v) is 2.61. The van der Waals surface area contributed by atoms with Crippen molar-refractivity contribution in [2.75, 3.05) is 12.3 Å². The first-order valence-electron chi connectivity index (χ1n) is 6.55. The number of aromatic nitrogens is 3. The van der Waals surface area contributed by atoms with E-state index in [1.54, 1.807) is 6.33 Å². The molecule has 1 aliphatic carbocycles. The molecule has 1 aliphatic rings. The average Bonchev–Trinajstić information content (AvgIpc) is 3.11. The van der Waals surface area contributed by atoms with Crippen molar-refractivity contribution in [2.45, 2.75) is 44.0 Å². The maximum Gasteiger partial charge on any atom is 0.230 e. The summed E-state index contributed by atoms with van der Waals surface area (Å²) in [6.07, 6.45) is 3.42. The molecule has 1 amide bonds. The zero-order valence-electron chi connectivity index (χ0n) is 11.2. The second-order valence-corrected chi connectivity index (χ2v) is 6.05. The van der Waals surface area contributed by atoms with E-state index >= 15 is 0 Å². The van der Waals surface area contributed by atoms with Gasteiger partial charge in [-0.05, 0) is 32.6 Å². The minimum absolute atomic E-state index is 0.0805. The van der Waals surface area contributed by atoms with E-state index < -0.39 is 6.10 Å². The Morgan fingerprint density at radius 1 is 1.63 bits per heavy atom. The summed E-state index contributed by atoms with van der Waals surface area (Å²) < 4.78 is 1.93. The van der Waals surface area contributed by atoms with Gasteiger partial charge in [-0.2, -0.15) is 0 Å². The lowest BCUT2D eigenvalue weighted by atomic mass is 10.2. The third-order valence-corrected chi connectivity index (χ3v) is 4.06. The van der Waals surface area contributed by atoms with Gasteiger partial charge < -0.3 is 15.0 Å². The van der Waals surface area contributed by atoms with Gasteiger partial charge in [-0.15, -0.1) is 10.2 Å². The summed E-state index contributed by atoms with van der Waals surface area (Å²) in [6, 6.07) is 0.275. The third kappa shape index (κ3) is 4.21. The average molecular weight is 284 g/mol. The maximum atomic E-state index is 11.7. The van der Waals surface area contributed by atoms with Crippen LogP contribution in [0.5, 0.6) is 0 Å². The number of nitrogens with one attached hydrogen (secondary N) is 1. The highest BCUT2D eigenvalue weighted by molar-refractivity contribution is 7.99. The van der Waals surface area contributed by atoms with Gasteiger partial charge in [-0.1, -0.05) is 11.8 Å². The van der Waals surface area contributed by atoms with Crippen LogP contribution in [0.1, 0.15) is 32.7 Å². The number of carbonyl (C=O) groups excluding carboxylic acids is 1. The molecular formula is C12H20N4O2S. The van der Waals surface area contributed by atoms with Gasteiger partial charge in [-0.25, -0.2) is 0 Å². The summed E-state index contributed by atoms with van der Waals surface area (Å²) in [6.45, 7) is 4.43. The van der Waals surface area contributed by atoms with Crippen molar-refractivity contribution in [3.8, 4) is 0 Å². The summed E-state index contributed by atoms with van der Waals surface area (Å²) in [4.78, 5) is 11.7. The molecule has 1 atom stereocenters. The van der Waals surface area contributed by atoms with Crippen LogP contribution in [0, 0.1) is 5.92 Å². The van der Waals surface area contributed by atoms with Crippen LogP contribution in [0.15, 0.2) is 11.5 Å². The van der Waals surface area contributed by atoms with Crippen LogP contribution in [-0.2, 0) is 4.79 Å². The van der Waals surface area contributed by atoms with Crippen molar-refractivity contribution in [2.24, 2.45) is 5.92 Å². The minimum Gasteiger partial charge on any atom is -0.391 e. The molecule has 19 heavy (non-hydrogen) atoms. The molecule has 7 heteroatoms. The van der Waals surface area contributed by atoms with E-state index in [-0.39, 0.29) is 11.9 Å². The number of carbonyl (C=O) groups is 1. The van der Waals surface area contributed by atoms with Crippen molar-refractivity contribution in [3.05, 3.63) is 6.33 Å². The summed E-state index contributed by atoms with van der Waals surface area (Å²) in [7, 11) is 0. The van der Waals surface area contributed by atoms with Crippen LogP contribution < -0.4 is 5.32 Å².